The average Bonchev–Trinajstić information content (AvgIpc) is 2.37. The molecular formula is C15H31N3O2. The highest BCUT2D eigenvalue weighted by Gasteiger charge is 2.07. The summed E-state index contributed by atoms with van der Waals surface area (Å²) in [4.78, 5) is 15.6. The standard InChI is InChI=1S/C15H31N3O2/c1-6-7-8-9-13(4)18-15(16-5)17-11-10-14(19)20-12(2)3/h12-13H,6-11H2,1-5H3,(H2,16,17,18). The maximum Gasteiger partial charge on any atom is 0.307 e. The van der Waals surface area contributed by atoms with Crippen LogP contribution in [0.15, 0.2) is 4.99 Å². The first-order valence-corrected chi connectivity index (χ1v) is 7.66. The van der Waals surface area contributed by atoms with Crippen LogP contribution >= 0.6 is 0 Å². The minimum absolute atomic E-state index is 0.0569. The molecule has 0 aromatic carbocycles. The number of nitrogens with one attached hydrogen (secondary N) is 2. The third kappa shape index (κ3) is 10.6. The molecular weight excluding hydrogens is 254 g/mol. The molecule has 0 amide bonds. The lowest BCUT2D eigenvalue weighted by Gasteiger charge is -2.17. The van der Waals surface area contributed by atoms with E-state index >= 15 is 0 Å². The van der Waals surface area contributed by atoms with Crippen molar-refractivity contribution in [2.24, 2.45) is 4.99 Å². The van der Waals surface area contributed by atoms with Crippen molar-refractivity contribution >= 4 is 11.9 Å². The molecule has 1 atom stereocenters. The van der Waals surface area contributed by atoms with Crippen molar-refractivity contribution in [3.05, 3.63) is 0 Å². The zero-order valence-corrected chi connectivity index (χ0v) is 13.7. The lowest BCUT2D eigenvalue weighted by Crippen LogP contribution is -2.42. The number of carbonyl (C=O) groups is 1. The molecule has 0 aromatic heterocycles. The monoisotopic (exact) mass is 285 g/mol. The van der Waals surface area contributed by atoms with Gasteiger partial charge in [-0.15, -0.1) is 0 Å². The smallest absolute Gasteiger partial charge is 0.307 e. The van der Waals surface area contributed by atoms with Gasteiger partial charge in [0.2, 0.25) is 0 Å². The number of esters is 1. The first kappa shape index (κ1) is 18.7. The van der Waals surface area contributed by atoms with Crippen molar-refractivity contribution in [2.75, 3.05) is 13.6 Å². The van der Waals surface area contributed by atoms with Gasteiger partial charge in [0, 0.05) is 19.6 Å². The number of unbranched alkanes of at least 4 members (excludes halogenated alkanes) is 2. The van der Waals surface area contributed by atoms with E-state index in [1.165, 1.54) is 19.3 Å². The van der Waals surface area contributed by atoms with Crippen LogP contribution in [0.2, 0.25) is 0 Å². The lowest BCUT2D eigenvalue weighted by molar-refractivity contribution is -0.147. The van der Waals surface area contributed by atoms with Gasteiger partial charge in [-0.2, -0.15) is 0 Å². The largest absolute Gasteiger partial charge is 0.463 e. The van der Waals surface area contributed by atoms with E-state index in [1.807, 2.05) is 13.8 Å². The van der Waals surface area contributed by atoms with Gasteiger partial charge in [-0.3, -0.25) is 9.79 Å². The molecule has 0 spiro atoms. The van der Waals surface area contributed by atoms with E-state index in [0.29, 0.717) is 19.0 Å². The zero-order valence-electron chi connectivity index (χ0n) is 13.7. The third-order valence-electron chi connectivity index (χ3n) is 2.84. The number of ether oxygens (including phenoxy) is 1. The molecule has 2 N–H and O–H groups in total. The van der Waals surface area contributed by atoms with Crippen LogP contribution in [0.1, 0.15) is 59.8 Å². The Kier molecular flexibility index (Phi) is 10.8. The Morgan fingerprint density at radius 3 is 2.50 bits per heavy atom. The van der Waals surface area contributed by atoms with Crippen molar-refractivity contribution in [2.45, 2.75) is 71.9 Å². The maximum atomic E-state index is 11.4. The number of aliphatic imine (C=N–C) groups is 1. The summed E-state index contributed by atoms with van der Waals surface area (Å²) in [5, 5.41) is 6.46. The normalized spacial score (nSPS) is 13.2. The van der Waals surface area contributed by atoms with Gasteiger partial charge >= 0.3 is 5.97 Å². The molecule has 0 aliphatic carbocycles. The second-order valence-electron chi connectivity index (χ2n) is 5.33. The van der Waals surface area contributed by atoms with E-state index in [0.717, 1.165) is 12.4 Å². The zero-order chi connectivity index (χ0) is 15.4. The van der Waals surface area contributed by atoms with Crippen molar-refractivity contribution in [1.29, 1.82) is 0 Å². The summed E-state index contributed by atoms with van der Waals surface area (Å²) in [6.07, 6.45) is 5.14. The SMILES string of the molecule is CCCCCC(C)NC(=NC)NCCC(=O)OC(C)C. The van der Waals surface area contributed by atoms with E-state index in [1.54, 1.807) is 7.05 Å². The summed E-state index contributed by atoms with van der Waals surface area (Å²) in [6.45, 7) is 8.59. The van der Waals surface area contributed by atoms with Crippen LogP contribution in [0, 0.1) is 0 Å². The number of nitrogens with zero attached hydrogens (tertiary/aromatic N) is 1. The van der Waals surface area contributed by atoms with Gasteiger partial charge in [0.1, 0.15) is 0 Å². The third-order valence-corrected chi connectivity index (χ3v) is 2.84. The predicted octanol–water partition coefficient (Wildman–Crippen LogP) is 2.46. The Balaban J connectivity index is 3.84. The Labute approximate surface area is 123 Å². The number of guanidine groups is 1. The molecule has 20 heavy (non-hydrogen) atoms. The minimum Gasteiger partial charge on any atom is -0.463 e. The minimum atomic E-state index is -0.182. The first-order valence-electron chi connectivity index (χ1n) is 7.66. The van der Waals surface area contributed by atoms with E-state index < -0.39 is 0 Å². The average molecular weight is 285 g/mol. The molecule has 0 saturated heterocycles. The van der Waals surface area contributed by atoms with Crippen molar-refractivity contribution in [3.8, 4) is 0 Å². The maximum absolute atomic E-state index is 11.4. The highest BCUT2D eigenvalue weighted by molar-refractivity contribution is 5.80. The highest BCUT2D eigenvalue weighted by atomic mass is 16.5. The van der Waals surface area contributed by atoms with E-state index in [-0.39, 0.29) is 12.1 Å². The van der Waals surface area contributed by atoms with Gasteiger partial charge in [-0.25, -0.2) is 0 Å². The molecule has 0 rings (SSSR count). The summed E-state index contributed by atoms with van der Waals surface area (Å²) in [5.74, 6) is 0.560. The van der Waals surface area contributed by atoms with Crippen LogP contribution in [0.5, 0.6) is 0 Å². The van der Waals surface area contributed by atoms with Crippen LogP contribution in [0.4, 0.5) is 0 Å². The molecule has 0 heterocycles. The fourth-order valence-corrected chi connectivity index (χ4v) is 1.81. The van der Waals surface area contributed by atoms with Gasteiger partial charge in [0.05, 0.1) is 12.5 Å². The van der Waals surface area contributed by atoms with Crippen molar-refractivity contribution < 1.29 is 9.53 Å². The summed E-state index contributed by atoms with van der Waals surface area (Å²) < 4.78 is 5.07. The molecule has 0 radical (unpaired) electrons. The van der Waals surface area contributed by atoms with E-state index in [9.17, 15) is 4.79 Å². The number of hydrogen-bond acceptors (Lipinski definition) is 3. The van der Waals surface area contributed by atoms with Crippen molar-refractivity contribution in [1.82, 2.24) is 10.6 Å². The number of rotatable bonds is 9. The summed E-state index contributed by atoms with van der Waals surface area (Å²) in [5.41, 5.74) is 0. The Bertz CT molecular complexity index is 291. The molecule has 1 unspecified atom stereocenters. The molecule has 0 bridgehead atoms. The van der Waals surface area contributed by atoms with Gasteiger partial charge in [-0.1, -0.05) is 26.2 Å². The van der Waals surface area contributed by atoms with Gasteiger partial charge in [-0.05, 0) is 27.2 Å². The molecule has 0 aliphatic rings. The van der Waals surface area contributed by atoms with Gasteiger partial charge < -0.3 is 15.4 Å². The molecule has 0 saturated carbocycles. The Hall–Kier alpha value is -1.26. The number of hydrogen-bond donors (Lipinski definition) is 2. The fraction of sp³-hybridized carbons (Fsp3) is 0.867. The number of carbonyl (C=O) groups excluding carboxylic acids is 1. The summed E-state index contributed by atoms with van der Waals surface area (Å²) >= 11 is 0. The second-order valence-corrected chi connectivity index (χ2v) is 5.33. The second kappa shape index (κ2) is 11.6. The van der Waals surface area contributed by atoms with Crippen LogP contribution in [0.25, 0.3) is 0 Å². The fourth-order valence-electron chi connectivity index (χ4n) is 1.81. The Morgan fingerprint density at radius 1 is 1.25 bits per heavy atom. The molecule has 118 valence electrons. The topological polar surface area (TPSA) is 62.7 Å². The van der Waals surface area contributed by atoms with Gasteiger partial charge in [0.25, 0.3) is 0 Å². The summed E-state index contributed by atoms with van der Waals surface area (Å²) in [6, 6.07) is 0.385. The molecule has 0 aliphatic heterocycles. The molecule has 0 fully saturated rings. The van der Waals surface area contributed by atoms with E-state index in [4.69, 9.17) is 4.74 Å². The van der Waals surface area contributed by atoms with E-state index in [2.05, 4.69) is 29.5 Å². The highest BCUT2D eigenvalue weighted by Crippen LogP contribution is 2.02. The van der Waals surface area contributed by atoms with Crippen molar-refractivity contribution in [3.63, 3.8) is 0 Å². The lowest BCUT2D eigenvalue weighted by atomic mass is 10.1. The molecule has 5 nitrogen and oxygen atoms in total. The first-order chi connectivity index (χ1) is 9.49. The molecule has 0 aromatic rings. The van der Waals surface area contributed by atoms with Crippen LogP contribution in [0.3, 0.4) is 0 Å². The Morgan fingerprint density at radius 2 is 1.95 bits per heavy atom. The quantitative estimate of drug-likeness (QED) is 0.296. The molecule has 5 heteroatoms. The van der Waals surface area contributed by atoms with Crippen LogP contribution in [-0.2, 0) is 9.53 Å². The summed E-state index contributed by atoms with van der Waals surface area (Å²) in [7, 11) is 1.74. The van der Waals surface area contributed by atoms with Gasteiger partial charge in [0.15, 0.2) is 5.96 Å². The van der Waals surface area contributed by atoms with Crippen LogP contribution < -0.4 is 10.6 Å². The predicted molar refractivity (Wildman–Crippen MR) is 83.9 cm³/mol. The van der Waals surface area contributed by atoms with Crippen LogP contribution in [-0.4, -0.2) is 37.7 Å².